The van der Waals surface area contributed by atoms with Gasteiger partial charge in [0.1, 0.15) is 11.6 Å². The average molecular weight is 587 g/mol. The van der Waals surface area contributed by atoms with Gasteiger partial charge in [0.05, 0.1) is 17.1 Å². The van der Waals surface area contributed by atoms with Crippen molar-refractivity contribution < 1.29 is 32.3 Å². The normalized spacial score (nSPS) is 20.9. The third kappa shape index (κ3) is 6.75. The summed E-state index contributed by atoms with van der Waals surface area (Å²) in [7, 11) is 0. The molecule has 2 N–H and O–H groups in total. The first kappa shape index (κ1) is 28.9. The molecule has 0 radical (unpaired) electrons. The molecule has 4 rings (SSSR count). The zero-order valence-electron chi connectivity index (χ0n) is 21.1. The molecule has 13 heteroatoms. The van der Waals surface area contributed by atoms with E-state index in [9.17, 15) is 27.6 Å². The van der Waals surface area contributed by atoms with Crippen molar-refractivity contribution in [3.63, 3.8) is 0 Å². The van der Waals surface area contributed by atoms with E-state index in [1.165, 1.54) is 12.3 Å². The van der Waals surface area contributed by atoms with Crippen molar-refractivity contribution in [1.29, 1.82) is 0 Å². The molecule has 2 bridgehead atoms. The highest BCUT2D eigenvalue weighted by Gasteiger charge is 2.43. The lowest BCUT2D eigenvalue weighted by molar-refractivity contribution is -0.169. The van der Waals surface area contributed by atoms with Crippen LogP contribution < -0.4 is 20.3 Å². The Morgan fingerprint density at radius 3 is 2.31 bits per heavy atom. The Morgan fingerprint density at radius 1 is 1.08 bits per heavy atom. The maximum Gasteiger partial charge on any atom is 0.451 e. The minimum Gasteiger partial charge on any atom is -0.476 e. The summed E-state index contributed by atoms with van der Waals surface area (Å²) in [5.74, 6) is -2.14. The fourth-order valence-corrected chi connectivity index (χ4v) is 5.39. The van der Waals surface area contributed by atoms with Crippen molar-refractivity contribution in [2.45, 2.75) is 69.4 Å². The second-order valence-corrected chi connectivity index (χ2v) is 11.0. The number of ether oxygens (including phenoxy) is 1. The molecule has 2 saturated heterocycles. The number of amides is 2. The van der Waals surface area contributed by atoms with Crippen LogP contribution >= 0.6 is 23.2 Å². The van der Waals surface area contributed by atoms with Crippen LogP contribution in [0.4, 0.5) is 19.0 Å². The van der Waals surface area contributed by atoms with Gasteiger partial charge in [0.15, 0.2) is 5.60 Å². The van der Waals surface area contributed by atoms with Crippen molar-refractivity contribution in [3.05, 3.63) is 52.1 Å². The molecule has 8 nitrogen and oxygen atoms in total. The quantitative estimate of drug-likeness (QED) is 0.464. The van der Waals surface area contributed by atoms with Gasteiger partial charge in [0.2, 0.25) is 0 Å². The lowest BCUT2D eigenvalue weighted by Crippen LogP contribution is -2.55. The Hall–Kier alpha value is -3.05. The summed E-state index contributed by atoms with van der Waals surface area (Å²) in [6.07, 6.45) is -0.556. The number of carbonyl (C=O) groups is 3. The zero-order chi connectivity index (χ0) is 28.5. The van der Waals surface area contributed by atoms with E-state index < -0.39 is 30.0 Å². The summed E-state index contributed by atoms with van der Waals surface area (Å²) in [6, 6.07) is 8.03. The van der Waals surface area contributed by atoms with Crippen LogP contribution in [-0.4, -0.2) is 59.0 Å². The highest BCUT2D eigenvalue weighted by Crippen LogP contribution is 2.39. The molecule has 2 amide bonds. The van der Waals surface area contributed by atoms with E-state index in [1.807, 2.05) is 5.32 Å². The van der Waals surface area contributed by atoms with E-state index in [2.05, 4.69) is 15.2 Å². The molecule has 2 aliphatic rings. The summed E-state index contributed by atoms with van der Waals surface area (Å²) < 4.78 is 43.0. The Labute approximate surface area is 233 Å². The predicted molar refractivity (Wildman–Crippen MR) is 139 cm³/mol. The summed E-state index contributed by atoms with van der Waals surface area (Å²) >= 11 is 12.1. The van der Waals surface area contributed by atoms with Crippen molar-refractivity contribution in [2.24, 2.45) is 0 Å². The minimum absolute atomic E-state index is 0.0474. The van der Waals surface area contributed by atoms with Crippen molar-refractivity contribution >= 4 is 46.6 Å². The average Bonchev–Trinajstić information content (AvgIpc) is 3.13. The van der Waals surface area contributed by atoms with Crippen LogP contribution in [-0.2, 0) is 9.59 Å². The fourth-order valence-electron chi connectivity index (χ4n) is 4.94. The van der Waals surface area contributed by atoms with Gasteiger partial charge in [-0.3, -0.25) is 14.4 Å². The van der Waals surface area contributed by atoms with Gasteiger partial charge < -0.3 is 20.3 Å². The van der Waals surface area contributed by atoms with E-state index in [0.29, 0.717) is 34.5 Å². The van der Waals surface area contributed by atoms with Crippen LogP contribution in [0.5, 0.6) is 5.75 Å². The highest BCUT2D eigenvalue weighted by atomic mass is 35.5. The molecule has 0 saturated carbocycles. The fraction of sp³-hybridized carbons (Fsp3) is 0.462. The first-order valence-corrected chi connectivity index (χ1v) is 13.1. The van der Waals surface area contributed by atoms with Crippen molar-refractivity contribution in [1.82, 2.24) is 15.6 Å². The number of hydrogen-bond acceptors (Lipinski definition) is 6. The van der Waals surface area contributed by atoms with Crippen LogP contribution in [0, 0.1) is 0 Å². The number of anilines is 1. The van der Waals surface area contributed by atoms with E-state index in [1.54, 1.807) is 38.1 Å². The monoisotopic (exact) mass is 586 g/mol. The molecule has 3 atom stereocenters. The van der Waals surface area contributed by atoms with Gasteiger partial charge in [-0.2, -0.15) is 13.2 Å². The van der Waals surface area contributed by atoms with E-state index in [0.717, 1.165) is 12.8 Å². The molecule has 39 heavy (non-hydrogen) atoms. The number of alkyl halides is 3. The smallest absolute Gasteiger partial charge is 0.451 e. The highest BCUT2D eigenvalue weighted by molar-refractivity contribution is 6.35. The number of Topliss-reactive ketones (excluding diaryl/α,β-unsaturated/α-hetero) is 1. The Balaban J connectivity index is 1.34. The van der Waals surface area contributed by atoms with Crippen LogP contribution in [0.25, 0.3) is 0 Å². The van der Waals surface area contributed by atoms with Crippen LogP contribution in [0.15, 0.2) is 36.5 Å². The van der Waals surface area contributed by atoms with E-state index in [-0.39, 0.29) is 29.6 Å². The van der Waals surface area contributed by atoms with Crippen LogP contribution in [0.3, 0.4) is 0 Å². The number of piperidine rings is 1. The Kier molecular flexibility index (Phi) is 8.32. The first-order valence-electron chi connectivity index (χ1n) is 12.3. The number of halogens is 5. The number of carbonyl (C=O) groups excluding carboxylic acids is 3. The molecule has 2 fully saturated rings. The standard InChI is InChI=1S/C26H27Cl2F3N4O4/c1-25(2,39-20-7-4-15(27)9-19(20)28)24(38)34-16-10-17-5-6-18(11-16)35(17)22-8-3-14(12-32-22)23(37)33-13-21(36)26(29,30)31/h3-4,7-9,12,16-18H,5-6,10-11,13H2,1-2H3,(H,33,37)(H,34,38)/t16-,17+,18-. The number of pyridine rings is 1. The number of ketones is 1. The summed E-state index contributed by atoms with van der Waals surface area (Å²) in [4.78, 5) is 42.7. The number of nitrogens with one attached hydrogen (secondary N) is 2. The third-order valence-corrected chi connectivity index (χ3v) is 7.40. The molecule has 0 aliphatic carbocycles. The number of fused-ring (bicyclic) bond motifs is 2. The maximum absolute atomic E-state index is 13.1. The SMILES string of the molecule is CC(C)(Oc1ccc(Cl)cc1Cl)C(=O)N[C@H]1C[C@H]2CC[C@@H](C1)N2c1ccc(C(=O)NCC(=O)C(F)(F)F)cn1. The molecule has 2 aromatic rings. The zero-order valence-corrected chi connectivity index (χ0v) is 22.7. The topological polar surface area (TPSA) is 101 Å². The number of rotatable bonds is 8. The van der Waals surface area contributed by atoms with Gasteiger partial charge in [0.25, 0.3) is 17.6 Å². The third-order valence-electron chi connectivity index (χ3n) is 6.87. The van der Waals surface area contributed by atoms with Crippen LogP contribution in [0.2, 0.25) is 10.0 Å². The number of benzene rings is 1. The number of nitrogens with zero attached hydrogens (tertiary/aromatic N) is 2. The van der Waals surface area contributed by atoms with Gasteiger partial charge in [-0.25, -0.2) is 4.98 Å². The van der Waals surface area contributed by atoms with Gasteiger partial charge in [-0.05, 0) is 69.9 Å². The molecular weight excluding hydrogens is 560 g/mol. The summed E-state index contributed by atoms with van der Waals surface area (Å²) in [5.41, 5.74) is -1.14. The van der Waals surface area contributed by atoms with E-state index >= 15 is 0 Å². The molecule has 1 aromatic carbocycles. The van der Waals surface area contributed by atoms with Crippen molar-refractivity contribution in [2.75, 3.05) is 11.4 Å². The number of hydrogen-bond donors (Lipinski definition) is 2. The predicted octanol–water partition coefficient (Wildman–Crippen LogP) is 4.72. The lowest BCUT2D eigenvalue weighted by Gasteiger charge is -2.40. The second kappa shape index (κ2) is 11.2. The van der Waals surface area contributed by atoms with Crippen molar-refractivity contribution in [3.8, 4) is 5.75 Å². The largest absolute Gasteiger partial charge is 0.476 e. The van der Waals surface area contributed by atoms with E-state index in [4.69, 9.17) is 27.9 Å². The molecule has 1 aromatic heterocycles. The maximum atomic E-state index is 13.1. The molecular formula is C26H27Cl2F3N4O4. The molecule has 0 spiro atoms. The first-order chi connectivity index (χ1) is 18.2. The van der Waals surface area contributed by atoms with Gasteiger partial charge in [-0.1, -0.05) is 23.2 Å². The van der Waals surface area contributed by atoms with Gasteiger partial charge in [-0.15, -0.1) is 0 Å². The lowest BCUT2D eigenvalue weighted by atomic mass is 9.96. The number of aromatic nitrogens is 1. The summed E-state index contributed by atoms with van der Waals surface area (Å²) in [5, 5.41) is 5.83. The second-order valence-electron chi connectivity index (χ2n) is 10.1. The Bertz CT molecular complexity index is 1240. The molecule has 3 heterocycles. The van der Waals surface area contributed by atoms with Gasteiger partial charge >= 0.3 is 6.18 Å². The molecule has 2 aliphatic heterocycles. The van der Waals surface area contributed by atoms with Crippen LogP contribution in [0.1, 0.15) is 49.9 Å². The molecule has 210 valence electrons. The summed E-state index contributed by atoms with van der Waals surface area (Å²) in [6.45, 7) is 2.19. The van der Waals surface area contributed by atoms with Gasteiger partial charge in [0, 0.05) is 29.3 Å². The minimum atomic E-state index is -5.01. The Morgan fingerprint density at radius 2 is 1.74 bits per heavy atom. The molecule has 0 unspecified atom stereocenters.